The molecule has 0 aliphatic heterocycles. The van der Waals surface area contributed by atoms with E-state index < -0.39 is 0 Å². The molecule has 0 spiro atoms. The number of allylic oxidation sites excluding steroid dienone is 5. The molecular weight excluding hydrogens is 325 g/mol. The average molecular weight is 336 g/mol. The molecule has 0 fully saturated rings. The van der Waals surface area contributed by atoms with Crippen molar-refractivity contribution in [1.29, 1.82) is 0 Å². The minimum atomic E-state index is 0. The van der Waals surface area contributed by atoms with Gasteiger partial charge in [-0.1, -0.05) is 12.5 Å². The van der Waals surface area contributed by atoms with Crippen LogP contribution in [0.1, 0.15) is 19.3 Å². The maximum absolute atomic E-state index is 3.66. The number of halogens is 2. The van der Waals surface area contributed by atoms with Crippen molar-refractivity contribution in [3.63, 3.8) is 0 Å². The van der Waals surface area contributed by atoms with Gasteiger partial charge in [-0.2, -0.15) is 6.08 Å². The van der Waals surface area contributed by atoms with Gasteiger partial charge in [-0.25, -0.2) is 11.6 Å². The molecule has 1 rings (SSSR count). The van der Waals surface area contributed by atoms with Gasteiger partial charge in [0, 0.05) is 25.8 Å². The van der Waals surface area contributed by atoms with Crippen LogP contribution in [0.3, 0.4) is 0 Å². The summed E-state index contributed by atoms with van der Waals surface area (Å²) in [6.07, 6.45) is 12.7. The Bertz CT molecular complexity index is 162. The maximum Gasteiger partial charge on any atom is 0 e. The van der Waals surface area contributed by atoms with Gasteiger partial charge in [0.05, 0.1) is 0 Å². The van der Waals surface area contributed by atoms with Gasteiger partial charge in [0.1, 0.15) is 0 Å². The minimum Gasteiger partial charge on any atom is -1.00 e. The van der Waals surface area contributed by atoms with E-state index in [0.717, 1.165) is 19.3 Å². The molecule has 0 aromatic heterocycles. The SMILES string of the molecule is C=CCCC1=[C-]CC=C1.[F-].[F-].[Hf]. The molecule has 68 valence electrons. The van der Waals surface area contributed by atoms with Gasteiger partial charge in [-0.15, -0.1) is 13.0 Å². The van der Waals surface area contributed by atoms with Crippen LogP contribution < -0.4 is 9.41 Å². The Kier molecular flexibility index (Phi) is 16.3. The summed E-state index contributed by atoms with van der Waals surface area (Å²) in [6.45, 7) is 3.66. The van der Waals surface area contributed by atoms with Crippen molar-refractivity contribution in [3.8, 4) is 0 Å². The molecule has 12 heavy (non-hydrogen) atoms. The predicted molar refractivity (Wildman–Crippen MR) is 39.9 cm³/mol. The Hall–Kier alpha value is -0.0499. The second kappa shape index (κ2) is 11.0. The monoisotopic (exact) mass is 337 g/mol. The molecule has 0 aromatic carbocycles. The van der Waals surface area contributed by atoms with Crippen LogP contribution in [0.4, 0.5) is 0 Å². The molecular formula is C9H11F2Hf-3. The van der Waals surface area contributed by atoms with Crippen LogP contribution >= 0.6 is 0 Å². The number of hydrogen-bond donors (Lipinski definition) is 0. The van der Waals surface area contributed by atoms with E-state index >= 15 is 0 Å². The molecule has 1 aliphatic rings. The molecule has 0 nitrogen and oxygen atoms in total. The quantitative estimate of drug-likeness (QED) is 0.287. The fourth-order valence-corrected chi connectivity index (χ4v) is 0.879. The predicted octanol–water partition coefficient (Wildman–Crippen LogP) is -3.35. The fraction of sp³-hybridized carbons (Fsp3) is 0.333. The first-order valence-corrected chi connectivity index (χ1v) is 3.30. The second-order valence-corrected chi connectivity index (χ2v) is 2.14. The molecule has 0 aromatic rings. The zero-order valence-electron chi connectivity index (χ0n) is 6.82. The number of hydrogen-bond acceptors (Lipinski definition) is 0. The van der Waals surface area contributed by atoms with Gasteiger partial charge in [-0.05, 0) is 6.42 Å². The van der Waals surface area contributed by atoms with E-state index in [0.29, 0.717) is 0 Å². The summed E-state index contributed by atoms with van der Waals surface area (Å²) in [5.41, 5.74) is 1.34. The largest absolute Gasteiger partial charge is 1.00 e. The van der Waals surface area contributed by atoms with Crippen molar-refractivity contribution in [1.82, 2.24) is 0 Å². The van der Waals surface area contributed by atoms with Gasteiger partial charge in [0.15, 0.2) is 0 Å². The molecule has 0 radical (unpaired) electrons. The van der Waals surface area contributed by atoms with Crippen LogP contribution in [0.5, 0.6) is 0 Å². The molecule has 3 heteroatoms. The van der Waals surface area contributed by atoms with Crippen molar-refractivity contribution >= 4 is 0 Å². The normalized spacial score (nSPS) is 11.8. The summed E-state index contributed by atoms with van der Waals surface area (Å²) >= 11 is 0. The average Bonchev–Trinajstić information content (AvgIpc) is 2.34. The van der Waals surface area contributed by atoms with Gasteiger partial charge in [0.2, 0.25) is 0 Å². The summed E-state index contributed by atoms with van der Waals surface area (Å²) < 4.78 is 0. The second-order valence-electron chi connectivity index (χ2n) is 2.14. The van der Waals surface area contributed by atoms with Crippen molar-refractivity contribution in [2.24, 2.45) is 0 Å². The molecule has 0 N–H and O–H groups in total. The molecule has 0 heterocycles. The van der Waals surface area contributed by atoms with E-state index in [9.17, 15) is 0 Å². The Morgan fingerprint density at radius 2 is 2.17 bits per heavy atom. The Labute approximate surface area is 90.9 Å². The Balaban J connectivity index is -0.000000270. The summed E-state index contributed by atoms with van der Waals surface area (Å²) in [7, 11) is 0. The van der Waals surface area contributed by atoms with Crippen LogP contribution in [0.25, 0.3) is 0 Å². The smallest absolute Gasteiger partial charge is 0 e. The van der Waals surface area contributed by atoms with Crippen molar-refractivity contribution in [2.75, 3.05) is 0 Å². The topological polar surface area (TPSA) is 0 Å². The van der Waals surface area contributed by atoms with Gasteiger partial charge in [0.25, 0.3) is 0 Å². The van der Waals surface area contributed by atoms with Gasteiger partial charge >= 0.3 is 0 Å². The Morgan fingerprint density at radius 3 is 2.58 bits per heavy atom. The van der Waals surface area contributed by atoms with Crippen molar-refractivity contribution in [2.45, 2.75) is 19.3 Å². The van der Waals surface area contributed by atoms with E-state index in [4.69, 9.17) is 0 Å². The van der Waals surface area contributed by atoms with E-state index in [-0.39, 0.29) is 35.3 Å². The van der Waals surface area contributed by atoms with Crippen LogP contribution in [-0.4, -0.2) is 0 Å². The van der Waals surface area contributed by atoms with Crippen LogP contribution in [0.15, 0.2) is 30.4 Å². The van der Waals surface area contributed by atoms with Crippen LogP contribution in [0.2, 0.25) is 0 Å². The summed E-state index contributed by atoms with van der Waals surface area (Å²) in [4.78, 5) is 0. The molecule has 0 unspecified atom stereocenters. The molecule has 0 saturated heterocycles. The van der Waals surface area contributed by atoms with Crippen LogP contribution in [-0.2, 0) is 25.8 Å². The maximum atomic E-state index is 3.66. The zero-order chi connectivity index (χ0) is 6.53. The first kappa shape index (κ1) is 17.9. The van der Waals surface area contributed by atoms with Gasteiger partial charge in [-0.3, -0.25) is 6.08 Å². The fourth-order valence-electron chi connectivity index (χ4n) is 0.879. The first-order valence-electron chi connectivity index (χ1n) is 3.30. The van der Waals surface area contributed by atoms with Crippen molar-refractivity contribution < 1.29 is 35.3 Å². The molecule has 0 atom stereocenters. The molecule has 0 amide bonds. The van der Waals surface area contributed by atoms with E-state index in [1.807, 2.05) is 6.08 Å². The van der Waals surface area contributed by atoms with E-state index in [2.05, 4.69) is 24.8 Å². The summed E-state index contributed by atoms with van der Waals surface area (Å²) in [6, 6.07) is 0. The summed E-state index contributed by atoms with van der Waals surface area (Å²) in [5.74, 6) is 0. The first-order chi connectivity index (χ1) is 4.43. The molecule has 0 saturated carbocycles. The summed E-state index contributed by atoms with van der Waals surface area (Å²) in [5, 5.41) is 0. The van der Waals surface area contributed by atoms with Crippen LogP contribution in [0, 0.1) is 6.08 Å². The van der Waals surface area contributed by atoms with E-state index in [1.54, 1.807) is 0 Å². The third-order valence-electron chi connectivity index (χ3n) is 1.38. The van der Waals surface area contributed by atoms with Crippen molar-refractivity contribution in [3.05, 3.63) is 36.5 Å². The van der Waals surface area contributed by atoms with Gasteiger partial charge < -0.3 is 9.41 Å². The Morgan fingerprint density at radius 1 is 1.50 bits per heavy atom. The number of rotatable bonds is 3. The molecule has 0 bridgehead atoms. The van der Waals surface area contributed by atoms with E-state index in [1.165, 1.54) is 5.57 Å². The minimum absolute atomic E-state index is 0. The third kappa shape index (κ3) is 6.65. The molecule has 1 aliphatic carbocycles. The zero-order valence-corrected chi connectivity index (χ0v) is 10.4. The standard InChI is InChI=1S/C9H11.2FH.Hf/c1-2-3-6-9-7-4-5-8-9;;;/h2,4,7H,1,3,5-6H2;2*1H;/q-1;;;/p-2. The third-order valence-corrected chi connectivity index (χ3v) is 1.38.